The van der Waals surface area contributed by atoms with Crippen LogP contribution in [0.5, 0.6) is 5.75 Å². The van der Waals surface area contributed by atoms with Gasteiger partial charge in [0.05, 0.1) is 6.10 Å². The lowest BCUT2D eigenvalue weighted by atomic mass is 10.0. The Labute approximate surface area is 110 Å². The second-order valence-corrected chi connectivity index (χ2v) is 5.37. The Balaban J connectivity index is 1.57. The Bertz CT molecular complexity index is 462. The Kier molecular flexibility index (Phi) is 3.05. The summed E-state index contributed by atoms with van der Waals surface area (Å²) in [6.45, 7) is 1.23. The van der Waals surface area contributed by atoms with Crippen molar-refractivity contribution in [2.75, 3.05) is 13.1 Å². The third kappa shape index (κ3) is 2.50. The highest BCUT2D eigenvalue weighted by atomic mass is 19.1. The summed E-state index contributed by atoms with van der Waals surface area (Å²) in [6, 6.07) is 6.04. The summed E-state index contributed by atoms with van der Waals surface area (Å²) in [5.41, 5.74) is 0. The van der Waals surface area contributed by atoms with Crippen molar-refractivity contribution in [1.82, 2.24) is 4.90 Å². The van der Waals surface area contributed by atoms with Crippen LogP contribution < -0.4 is 4.74 Å². The van der Waals surface area contributed by atoms with Gasteiger partial charge in [0.1, 0.15) is 11.6 Å². The number of carbonyl (C=O) groups is 1. The fourth-order valence-electron chi connectivity index (χ4n) is 3.20. The van der Waals surface area contributed by atoms with Crippen LogP contribution in [0.3, 0.4) is 0 Å². The second kappa shape index (κ2) is 4.72. The normalized spacial score (nSPS) is 29.3. The number of likely N-dealkylation sites (tertiary alicyclic amines) is 1. The van der Waals surface area contributed by atoms with Crippen LogP contribution in [0, 0.1) is 17.7 Å². The first-order chi connectivity index (χ1) is 9.11. The van der Waals surface area contributed by atoms with Gasteiger partial charge in [-0.25, -0.2) is 9.18 Å². The quantitative estimate of drug-likeness (QED) is 0.894. The molecule has 1 aliphatic heterocycles. The van der Waals surface area contributed by atoms with Crippen LogP contribution in [-0.4, -0.2) is 35.3 Å². The molecule has 0 aromatic heterocycles. The molecule has 0 spiro atoms. The van der Waals surface area contributed by atoms with Crippen LogP contribution in [-0.2, 0) is 0 Å². The van der Waals surface area contributed by atoms with Gasteiger partial charge in [-0.15, -0.1) is 0 Å². The molecule has 4 nitrogen and oxygen atoms in total. The number of hydrogen-bond acceptors (Lipinski definition) is 2. The molecule has 0 radical (unpaired) electrons. The number of ether oxygens (including phenoxy) is 1. The Morgan fingerprint density at radius 1 is 1.21 bits per heavy atom. The van der Waals surface area contributed by atoms with E-state index in [2.05, 4.69) is 0 Å². The van der Waals surface area contributed by atoms with Gasteiger partial charge < -0.3 is 14.7 Å². The van der Waals surface area contributed by atoms with Gasteiger partial charge in [0.25, 0.3) is 0 Å². The van der Waals surface area contributed by atoms with Crippen LogP contribution in [0.1, 0.15) is 12.8 Å². The van der Waals surface area contributed by atoms with E-state index in [4.69, 9.17) is 9.84 Å². The van der Waals surface area contributed by atoms with Crippen molar-refractivity contribution in [3.05, 3.63) is 30.1 Å². The fraction of sp³-hybridized carbons (Fsp3) is 0.500. The predicted molar refractivity (Wildman–Crippen MR) is 66.6 cm³/mol. The molecule has 1 saturated carbocycles. The second-order valence-electron chi connectivity index (χ2n) is 5.37. The molecule has 1 aromatic carbocycles. The zero-order valence-electron chi connectivity index (χ0n) is 10.5. The largest absolute Gasteiger partial charge is 0.490 e. The van der Waals surface area contributed by atoms with E-state index in [0.717, 1.165) is 12.8 Å². The molecule has 3 rings (SSSR count). The summed E-state index contributed by atoms with van der Waals surface area (Å²) in [7, 11) is 0. The first-order valence-electron chi connectivity index (χ1n) is 6.52. The van der Waals surface area contributed by atoms with Crippen LogP contribution in [0.2, 0.25) is 0 Å². The monoisotopic (exact) mass is 265 g/mol. The predicted octanol–water partition coefficient (Wildman–Crippen LogP) is 2.59. The van der Waals surface area contributed by atoms with Crippen molar-refractivity contribution >= 4 is 6.09 Å². The van der Waals surface area contributed by atoms with Gasteiger partial charge in [-0.2, -0.15) is 0 Å². The molecule has 1 aliphatic carbocycles. The van der Waals surface area contributed by atoms with Gasteiger partial charge >= 0.3 is 6.09 Å². The molecule has 2 aliphatic rings. The lowest BCUT2D eigenvalue weighted by Crippen LogP contribution is -2.29. The third-order valence-electron chi connectivity index (χ3n) is 4.09. The number of fused-ring (bicyclic) bond motifs is 1. The SMILES string of the molecule is O=C(O)N1CC2CC(Oc3ccc(F)cc3)CC2C1. The molecule has 2 atom stereocenters. The summed E-state index contributed by atoms with van der Waals surface area (Å²) >= 11 is 0. The number of rotatable bonds is 2. The molecule has 102 valence electrons. The number of benzene rings is 1. The Morgan fingerprint density at radius 2 is 1.79 bits per heavy atom. The van der Waals surface area contributed by atoms with E-state index in [1.54, 1.807) is 12.1 Å². The van der Waals surface area contributed by atoms with Crippen molar-refractivity contribution in [3.8, 4) is 5.75 Å². The van der Waals surface area contributed by atoms with Gasteiger partial charge in [0.2, 0.25) is 0 Å². The van der Waals surface area contributed by atoms with Gasteiger partial charge in [-0.3, -0.25) is 0 Å². The molecule has 1 amide bonds. The van der Waals surface area contributed by atoms with Crippen LogP contribution >= 0.6 is 0 Å². The van der Waals surface area contributed by atoms with E-state index in [-0.39, 0.29) is 11.9 Å². The Hall–Kier alpha value is -1.78. The highest BCUT2D eigenvalue weighted by Gasteiger charge is 2.43. The molecule has 2 fully saturated rings. The fourth-order valence-corrected chi connectivity index (χ4v) is 3.20. The average molecular weight is 265 g/mol. The number of hydrogen-bond donors (Lipinski definition) is 1. The molecule has 1 saturated heterocycles. The number of carboxylic acid groups (broad SMARTS) is 1. The molecule has 1 heterocycles. The summed E-state index contributed by atoms with van der Waals surface area (Å²) in [5.74, 6) is 1.22. The molecule has 5 heteroatoms. The van der Waals surface area contributed by atoms with Crippen molar-refractivity contribution < 1.29 is 19.0 Å². The van der Waals surface area contributed by atoms with E-state index < -0.39 is 6.09 Å². The summed E-state index contributed by atoms with van der Waals surface area (Å²) in [6.07, 6.45) is 1.05. The number of nitrogens with zero attached hydrogens (tertiary/aromatic N) is 1. The van der Waals surface area contributed by atoms with Crippen LogP contribution in [0.15, 0.2) is 24.3 Å². The zero-order valence-corrected chi connectivity index (χ0v) is 10.5. The maximum Gasteiger partial charge on any atom is 0.407 e. The van der Waals surface area contributed by atoms with Crippen molar-refractivity contribution in [2.45, 2.75) is 18.9 Å². The Morgan fingerprint density at radius 3 is 2.32 bits per heavy atom. The smallest absolute Gasteiger partial charge is 0.407 e. The van der Waals surface area contributed by atoms with Crippen LogP contribution in [0.25, 0.3) is 0 Å². The van der Waals surface area contributed by atoms with E-state index in [9.17, 15) is 9.18 Å². The molecule has 0 bridgehead atoms. The lowest BCUT2D eigenvalue weighted by Gasteiger charge is -2.17. The molecule has 1 N–H and O–H groups in total. The highest BCUT2D eigenvalue weighted by molar-refractivity contribution is 5.65. The summed E-state index contributed by atoms with van der Waals surface area (Å²) < 4.78 is 18.6. The minimum absolute atomic E-state index is 0.122. The molecular formula is C14H16FNO3. The number of halogens is 1. The topological polar surface area (TPSA) is 49.8 Å². The molecular weight excluding hydrogens is 249 g/mol. The minimum Gasteiger partial charge on any atom is -0.490 e. The van der Waals surface area contributed by atoms with Gasteiger partial charge in [0.15, 0.2) is 0 Å². The van der Waals surface area contributed by atoms with Crippen molar-refractivity contribution in [2.24, 2.45) is 11.8 Å². The van der Waals surface area contributed by atoms with Crippen LogP contribution in [0.4, 0.5) is 9.18 Å². The van der Waals surface area contributed by atoms with Crippen molar-refractivity contribution in [3.63, 3.8) is 0 Å². The van der Waals surface area contributed by atoms with Gasteiger partial charge in [-0.1, -0.05) is 0 Å². The van der Waals surface area contributed by atoms with E-state index in [1.807, 2.05) is 0 Å². The maximum atomic E-state index is 12.8. The van der Waals surface area contributed by atoms with E-state index in [1.165, 1.54) is 17.0 Å². The van der Waals surface area contributed by atoms with Gasteiger partial charge in [-0.05, 0) is 48.9 Å². The van der Waals surface area contributed by atoms with Crippen molar-refractivity contribution in [1.29, 1.82) is 0 Å². The lowest BCUT2D eigenvalue weighted by molar-refractivity contribution is 0.144. The zero-order chi connectivity index (χ0) is 13.4. The first-order valence-corrected chi connectivity index (χ1v) is 6.52. The molecule has 2 unspecified atom stereocenters. The minimum atomic E-state index is -0.828. The number of amides is 1. The molecule has 1 aromatic rings. The van der Waals surface area contributed by atoms with Gasteiger partial charge in [0, 0.05) is 13.1 Å². The third-order valence-corrected chi connectivity index (χ3v) is 4.09. The highest BCUT2D eigenvalue weighted by Crippen LogP contribution is 2.39. The summed E-state index contributed by atoms with van der Waals surface area (Å²) in [5, 5.41) is 8.95. The standard InChI is InChI=1S/C14H16FNO3/c15-11-1-3-12(4-2-11)19-13-5-9-7-16(14(17)18)8-10(9)6-13/h1-4,9-10,13H,5-8H2,(H,17,18). The summed E-state index contributed by atoms with van der Waals surface area (Å²) in [4.78, 5) is 12.4. The average Bonchev–Trinajstić information content (AvgIpc) is 2.90. The maximum absolute atomic E-state index is 12.8. The van der Waals surface area contributed by atoms with E-state index in [0.29, 0.717) is 30.7 Å². The first kappa shape index (κ1) is 12.3. The van der Waals surface area contributed by atoms with E-state index >= 15 is 0 Å². The molecule has 19 heavy (non-hydrogen) atoms.